The van der Waals surface area contributed by atoms with Gasteiger partial charge in [0.25, 0.3) is 0 Å². The Morgan fingerprint density at radius 1 is 1.42 bits per heavy atom. The number of rotatable bonds is 0. The maximum absolute atomic E-state index is 11.7. The van der Waals surface area contributed by atoms with Gasteiger partial charge in [0.05, 0.1) is 12.2 Å². The average molecular weight is 264 g/mol. The van der Waals surface area contributed by atoms with E-state index in [-0.39, 0.29) is 41.2 Å². The molecule has 1 N–H and O–H groups in total. The van der Waals surface area contributed by atoms with Crippen LogP contribution in [0.4, 0.5) is 0 Å². The molecule has 3 fully saturated rings. The second-order valence-corrected chi connectivity index (χ2v) is 6.93. The van der Waals surface area contributed by atoms with Crippen LogP contribution in [-0.2, 0) is 14.3 Å². The van der Waals surface area contributed by atoms with Gasteiger partial charge in [-0.05, 0) is 24.8 Å². The quantitative estimate of drug-likeness (QED) is 0.533. The molecule has 0 aromatic heterocycles. The molecule has 4 heteroatoms. The van der Waals surface area contributed by atoms with Gasteiger partial charge in [-0.15, -0.1) is 0 Å². The molecule has 2 saturated carbocycles. The molecule has 0 aromatic carbocycles. The largest absolute Gasteiger partial charge is 0.454 e. The van der Waals surface area contributed by atoms with Crippen LogP contribution in [0.1, 0.15) is 40.0 Å². The van der Waals surface area contributed by atoms with Gasteiger partial charge in [0.2, 0.25) is 0 Å². The van der Waals surface area contributed by atoms with Crippen molar-refractivity contribution in [2.75, 3.05) is 0 Å². The van der Waals surface area contributed by atoms with Crippen LogP contribution in [0.3, 0.4) is 0 Å². The molecule has 1 saturated heterocycles. The second kappa shape index (κ2) is 3.23. The highest BCUT2D eigenvalue weighted by Gasteiger charge is 2.75. The smallest absolute Gasteiger partial charge is 0.334 e. The van der Waals surface area contributed by atoms with E-state index >= 15 is 0 Å². The first kappa shape index (κ1) is 11.9. The van der Waals surface area contributed by atoms with E-state index in [0.29, 0.717) is 0 Å². The lowest BCUT2D eigenvalue weighted by atomic mass is 9.53. The lowest BCUT2D eigenvalue weighted by molar-refractivity contribution is -0.143. The lowest BCUT2D eigenvalue weighted by Crippen LogP contribution is -2.55. The van der Waals surface area contributed by atoms with Crippen LogP contribution in [0, 0.1) is 11.3 Å². The number of hydrogen-bond donors (Lipinski definition) is 1. The molecule has 19 heavy (non-hydrogen) atoms. The number of aliphatic hydroxyl groups is 1. The molecule has 0 aromatic rings. The summed E-state index contributed by atoms with van der Waals surface area (Å²) in [6.45, 7) is 6.17. The van der Waals surface area contributed by atoms with Gasteiger partial charge in [0, 0.05) is 23.8 Å². The summed E-state index contributed by atoms with van der Waals surface area (Å²) in [6.07, 6.45) is 2.04. The van der Waals surface area contributed by atoms with Crippen LogP contribution in [0.15, 0.2) is 11.1 Å². The molecule has 4 rings (SSSR count). The highest BCUT2D eigenvalue weighted by atomic mass is 16.6. The van der Waals surface area contributed by atoms with E-state index in [1.54, 1.807) is 0 Å². The van der Waals surface area contributed by atoms with Crippen LogP contribution < -0.4 is 0 Å². The zero-order valence-corrected chi connectivity index (χ0v) is 11.6. The van der Waals surface area contributed by atoms with Crippen LogP contribution >= 0.6 is 0 Å². The summed E-state index contributed by atoms with van der Waals surface area (Å²) in [6, 6.07) is 0. The Bertz CT molecular complexity index is 510. The van der Waals surface area contributed by atoms with Crippen molar-refractivity contribution >= 4 is 5.97 Å². The van der Waals surface area contributed by atoms with Crippen molar-refractivity contribution in [2.24, 2.45) is 11.3 Å². The fourth-order valence-corrected chi connectivity index (χ4v) is 4.66. The van der Waals surface area contributed by atoms with Gasteiger partial charge in [-0.25, -0.2) is 4.79 Å². The SMILES string of the molecule is CC1=C2C[C@]3(C)[C@@H](C)[C@H](O)C[C@H]4O[C@]43C[C@H]2OC1=O. The summed E-state index contributed by atoms with van der Waals surface area (Å²) < 4.78 is 11.5. The molecule has 2 aliphatic carbocycles. The minimum atomic E-state index is -0.305. The molecule has 4 nitrogen and oxygen atoms in total. The summed E-state index contributed by atoms with van der Waals surface area (Å²) in [4.78, 5) is 11.7. The highest BCUT2D eigenvalue weighted by molar-refractivity contribution is 5.91. The summed E-state index contributed by atoms with van der Waals surface area (Å²) in [5.74, 6) is 0.00671. The summed E-state index contributed by atoms with van der Waals surface area (Å²) in [5, 5.41) is 10.2. The fourth-order valence-electron chi connectivity index (χ4n) is 4.66. The van der Waals surface area contributed by atoms with Gasteiger partial charge >= 0.3 is 5.97 Å². The molecule has 6 atom stereocenters. The molecule has 2 heterocycles. The molecule has 0 radical (unpaired) electrons. The van der Waals surface area contributed by atoms with Crippen LogP contribution in [-0.4, -0.2) is 35.0 Å². The van der Waals surface area contributed by atoms with E-state index in [9.17, 15) is 9.90 Å². The highest BCUT2D eigenvalue weighted by Crippen LogP contribution is 2.68. The summed E-state index contributed by atoms with van der Waals surface area (Å²) in [7, 11) is 0. The average Bonchev–Trinajstić information content (AvgIpc) is 2.98. The van der Waals surface area contributed by atoms with Crippen LogP contribution in [0.2, 0.25) is 0 Å². The van der Waals surface area contributed by atoms with Gasteiger partial charge in [-0.3, -0.25) is 0 Å². The van der Waals surface area contributed by atoms with Crippen LogP contribution in [0.5, 0.6) is 0 Å². The van der Waals surface area contributed by atoms with Gasteiger partial charge in [0.15, 0.2) is 0 Å². The molecule has 4 aliphatic rings. The Hall–Kier alpha value is -0.870. The third-order valence-electron chi connectivity index (χ3n) is 6.29. The van der Waals surface area contributed by atoms with Gasteiger partial charge in [-0.2, -0.15) is 0 Å². The summed E-state index contributed by atoms with van der Waals surface area (Å²) >= 11 is 0. The van der Waals surface area contributed by atoms with Crippen molar-refractivity contribution in [3.8, 4) is 0 Å². The monoisotopic (exact) mass is 264 g/mol. The van der Waals surface area contributed by atoms with Gasteiger partial charge < -0.3 is 14.6 Å². The molecule has 104 valence electrons. The first-order chi connectivity index (χ1) is 8.89. The normalized spacial score (nSPS) is 55.3. The number of epoxide rings is 1. The molecule has 0 bridgehead atoms. The zero-order valence-electron chi connectivity index (χ0n) is 11.6. The standard InChI is InChI=1S/C15H20O4/c1-7-9-5-14(3)8(2)10(16)4-12-15(14,19-12)6-11(9)18-13(7)17/h8,10-12,16H,4-6H2,1-3H3/t8-,10+,11+,12+,14+,15+/m0/s1. The number of fused-ring (bicyclic) bond motifs is 1. The van der Waals surface area contributed by atoms with Crippen molar-refractivity contribution in [3.63, 3.8) is 0 Å². The van der Waals surface area contributed by atoms with Crippen molar-refractivity contribution in [2.45, 2.75) is 63.9 Å². The molecule has 0 amide bonds. The van der Waals surface area contributed by atoms with Gasteiger partial charge in [-0.1, -0.05) is 13.8 Å². The van der Waals surface area contributed by atoms with Gasteiger partial charge in [0.1, 0.15) is 11.7 Å². The minimum Gasteiger partial charge on any atom is -0.454 e. The van der Waals surface area contributed by atoms with Crippen molar-refractivity contribution in [3.05, 3.63) is 11.1 Å². The van der Waals surface area contributed by atoms with Crippen molar-refractivity contribution in [1.82, 2.24) is 0 Å². The maximum atomic E-state index is 11.7. The summed E-state index contributed by atoms with van der Waals surface area (Å²) in [5.41, 5.74) is 1.64. The van der Waals surface area contributed by atoms with Crippen LogP contribution in [0.25, 0.3) is 0 Å². The molecular formula is C15H20O4. The zero-order chi connectivity index (χ0) is 13.6. The van der Waals surface area contributed by atoms with E-state index in [0.717, 1.165) is 30.4 Å². The van der Waals surface area contributed by atoms with E-state index in [1.165, 1.54) is 0 Å². The topological polar surface area (TPSA) is 59.1 Å². The van der Waals surface area contributed by atoms with E-state index in [1.807, 2.05) is 6.92 Å². The predicted octanol–water partition coefficient (Wildman–Crippen LogP) is 1.57. The lowest BCUT2D eigenvalue weighted by Gasteiger charge is -2.50. The van der Waals surface area contributed by atoms with E-state index in [4.69, 9.17) is 9.47 Å². The van der Waals surface area contributed by atoms with E-state index in [2.05, 4.69) is 13.8 Å². The third kappa shape index (κ3) is 1.20. The van der Waals surface area contributed by atoms with E-state index < -0.39 is 0 Å². The second-order valence-electron chi connectivity index (χ2n) is 6.93. The Labute approximate surface area is 112 Å². The Morgan fingerprint density at radius 3 is 2.89 bits per heavy atom. The minimum absolute atomic E-state index is 0.0869. The number of carbonyl (C=O) groups excluding carboxylic acids is 1. The Morgan fingerprint density at radius 2 is 2.16 bits per heavy atom. The van der Waals surface area contributed by atoms with Crippen molar-refractivity contribution < 1.29 is 19.4 Å². The third-order valence-corrected chi connectivity index (χ3v) is 6.29. The molecule has 1 spiro atoms. The predicted molar refractivity (Wildman–Crippen MR) is 67.3 cm³/mol. The molecular weight excluding hydrogens is 244 g/mol. The Balaban J connectivity index is 1.79. The first-order valence-corrected chi connectivity index (χ1v) is 7.15. The Kier molecular flexibility index (Phi) is 2.03. The number of hydrogen-bond acceptors (Lipinski definition) is 4. The molecule has 2 aliphatic heterocycles. The first-order valence-electron chi connectivity index (χ1n) is 7.15. The molecule has 0 unspecified atom stereocenters. The number of ether oxygens (including phenoxy) is 2. The fraction of sp³-hybridized carbons (Fsp3) is 0.800. The number of esters is 1. The maximum Gasteiger partial charge on any atom is 0.334 e. The number of aliphatic hydroxyl groups excluding tert-OH is 1. The van der Waals surface area contributed by atoms with Crippen molar-refractivity contribution in [1.29, 1.82) is 0 Å². The number of carbonyl (C=O) groups is 1.